The van der Waals surface area contributed by atoms with E-state index in [1.807, 2.05) is 0 Å². The molecule has 0 saturated heterocycles. The molecular weight excluding hydrogens is 240 g/mol. The Morgan fingerprint density at radius 3 is 3.00 bits per heavy atom. The summed E-state index contributed by atoms with van der Waals surface area (Å²) in [6.07, 6.45) is 0.420. The van der Waals surface area contributed by atoms with Crippen LogP contribution in [0.3, 0.4) is 0 Å². The minimum Gasteiger partial charge on any atom is -0.479 e. The molecule has 1 aromatic heterocycles. The Hall–Kier alpha value is -2.02. The van der Waals surface area contributed by atoms with Crippen LogP contribution in [0, 0.1) is 10.1 Å². The molecule has 0 aromatic carbocycles. The molecule has 1 saturated carbocycles. The highest BCUT2D eigenvalue weighted by Crippen LogP contribution is 2.30. The Bertz CT molecular complexity index is 476. The van der Waals surface area contributed by atoms with Crippen molar-refractivity contribution in [3.05, 3.63) is 28.4 Å². The minimum atomic E-state index is -0.630. The van der Waals surface area contributed by atoms with Gasteiger partial charge in [0, 0.05) is 13.0 Å². The van der Waals surface area contributed by atoms with Crippen LogP contribution in [0.2, 0.25) is 0 Å². The third kappa shape index (κ3) is 2.30. The van der Waals surface area contributed by atoms with E-state index in [2.05, 4.69) is 4.98 Å². The van der Waals surface area contributed by atoms with Crippen LogP contribution in [0.1, 0.15) is 13.3 Å². The van der Waals surface area contributed by atoms with Crippen LogP contribution >= 0.6 is 0 Å². The number of carbonyl (C=O) groups is 1. The van der Waals surface area contributed by atoms with Gasteiger partial charge in [-0.3, -0.25) is 4.79 Å². The van der Waals surface area contributed by atoms with Crippen molar-refractivity contribution in [1.29, 1.82) is 0 Å². The Morgan fingerprint density at radius 2 is 2.39 bits per heavy atom. The molecule has 1 aliphatic carbocycles. The van der Waals surface area contributed by atoms with E-state index in [9.17, 15) is 14.9 Å². The van der Waals surface area contributed by atoms with Crippen molar-refractivity contribution in [3.8, 4) is 5.75 Å². The highest BCUT2D eigenvalue weighted by molar-refractivity contribution is 5.90. The molecular formula is C11H12N2O5. The van der Waals surface area contributed by atoms with Gasteiger partial charge in [-0.25, -0.2) is 0 Å². The van der Waals surface area contributed by atoms with Gasteiger partial charge in [0.15, 0.2) is 11.9 Å². The predicted octanol–water partition coefficient (Wildman–Crippen LogP) is 1.12. The fourth-order valence-corrected chi connectivity index (χ4v) is 1.73. The SMILES string of the molecule is CCOC1C(=O)CC1Oc1cccnc1[N+](=O)[O-]. The van der Waals surface area contributed by atoms with Gasteiger partial charge in [-0.1, -0.05) is 0 Å². The van der Waals surface area contributed by atoms with Crippen LogP contribution in [-0.4, -0.2) is 34.5 Å². The fraction of sp³-hybridized carbons (Fsp3) is 0.455. The van der Waals surface area contributed by atoms with Crippen LogP contribution in [0.25, 0.3) is 0 Å². The van der Waals surface area contributed by atoms with Crippen molar-refractivity contribution in [1.82, 2.24) is 4.98 Å². The third-order valence-corrected chi connectivity index (χ3v) is 2.61. The predicted molar refractivity (Wildman–Crippen MR) is 60.3 cm³/mol. The van der Waals surface area contributed by atoms with E-state index >= 15 is 0 Å². The molecule has 7 nitrogen and oxygen atoms in total. The first-order valence-electron chi connectivity index (χ1n) is 5.54. The van der Waals surface area contributed by atoms with Crippen molar-refractivity contribution in [2.75, 3.05) is 6.61 Å². The topological polar surface area (TPSA) is 91.6 Å². The molecule has 96 valence electrons. The Labute approximate surface area is 103 Å². The molecule has 1 aromatic rings. The first-order valence-corrected chi connectivity index (χ1v) is 5.54. The van der Waals surface area contributed by atoms with Crippen LogP contribution in [0.5, 0.6) is 5.75 Å². The van der Waals surface area contributed by atoms with Gasteiger partial charge in [-0.2, -0.15) is 0 Å². The molecule has 0 bridgehead atoms. The van der Waals surface area contributed by atoms with Gasteiger partial charge in [0.25, 0.3) is 0 Å². The number of hydrogen-bond acceptors (Lipinski definition) is 6. The molecule has 2 unspecified atom stereocenters. The second-order valence-corrected chi connectivity index (χ2v) is 3.78. The minimum absolute atomic E-state index is 0.0478. The van der Waals surface area contributed by atoms with Gasteiger partial charge in [0.05, 0.1) is 0 Å². The number of Topliss-reactive ketones (excluding diaryl/α,β-unsaturated/α-hetero) is 1. The van der Waals surface area contributed by atoms with E-state index in [1.165, 1.54) is 12.3 Å². The van der Waals surface area contributed by atoms with Gasteiger partial charge < -0.3 is 19.6 Å². The largest absolute Gasteiger partial charge is 0.479 e. The molecule has 1 fully saturated rings. The summed E-state index contributed by atoms with van der Waals surface area (Å²) in [6.45, 7) is 2.17. The Kier molecular flexibility index (Phi) is 3.52. The maximum Gasteiger partial charge on any atom is 0.406 e. The van der Waals surface area contributed by atoms with Crippen LogP contribution < -0.4 is 4.74 Å². The molecule has 1 aliphatic rings. The van der Waals surface area contributed by atoms with Crippen molar-refractivity contribution < 1.29 is 19.2 Å². The summed E-state index contributed by atoms with van der Waals surface area (Å²) in [5.41, 5.74) is 0. The number of carbonyl (C=O) groups excluding carboxylic acids is 1. The van der Waals surface area contributed by atoms with E-state index < -0.39 is 17.1 Å². The first-order chi connectivity index (χ1) is 8.63. The molecule has 2 rings (SSSR count). The summed E-state index contributed by atoms with van der Waals surface area (Å²) in [6, 6.07) is 3.00. The number of pyridine rings is 1. The van der Waals surface area contributed by atoms with E-state index in [0.29, 0.717) is 6.61 Å². The second kappa shape index (κ2) is 5.09. The molecule has 1 heterocycles. The molecule has 0 aliphatic heterocycles. The zero-order valence-corrected chi connectivity index (χ0v) is 9.74. The average molecular weight is 252 g/mol. The van der Waals surface area contributed by atoms with Crippen molar-refractivity contribution in [3.63, 3.8) is 0 Å². The number of rotatable bonds is 5. The zero-order chi connectivity index (χ0) is 13.1. The lowest BCUT2D eigenvalue weighted by molar-refractivity contribution is -0.390. The average Bonchev–Trinajstić information content (AvgIpc) is 2.36. The van der Waals surface area contributed by atoms with Gasteiger partial charge in [0.1, 0.15) is 12.3 Å². The van der Waals surface area contributed by atoms with Crippen LogP contribution in [-0.2, 0) is 9.53 Å². The molecule has 18 heavy (non-hydrogen) atoms. The Balaban J connectivity index is 2.10. The van der Waals surface area contributed by atoms with Crippen molar-refractivity contribution in [2.45, 2.75) is 25.6 Å². The maximum absolute atomic E-state index is 11.3. The third-order valence-electron chi connectivity index (χ3n) is 2.61. The first kappa shape index (κ1) is 12.4. The summed E-state index contributed by atoms with van der Waals surface area (Å²) in [5.74, 6) is -0.342. The highest BCUT2D eigenvalue weighted by atomic mass is 16.6. The number of nitro groups is 1. The van der Waals surface area contributed by atoms with E-state index in [4.69, 9.17) is 9.47 Å². The number of hydrogen-bond donors (Lipinski definition) is 0. The lowest BCUT2D eigenvalue weighted by atomic mass is 9.90. The molecule has 0 amide bonds. The standard InChI is InChI=1S/C11H12N2O5/c1-2-17-10-7(14)6-9(10)18-8-4-3-5-12-11(8)13(15)16/h3-5,9-10H,2,6H2,1H3. The summed E-state index contributed by atoms with van der Waals surface area (Å²) >= 11 is 0. The Morgan fingerprint density at radius 1 is 1.61 bits per heavy atom. The summed E-state index contributed by atoms with van der Waals surface area (Å²) in [7, 11) is 0. The van der Waals surface area contributed by atoms with Gasteiger partial charge in [-0.15, -0.1) is 0 Å². The molecule has 0 radical (unpaired) electrons. The number of ether oxygens (including phenoxy) is 2. The normalized spacial score (nSPS) is 22.4. The van der Waals surface area contributed by atoms with Crippen LogP contribution in [0.4, 0.5) is 5.82 Å². The van der Waals surface area contributed by atoms with E-state index in [1.54, 1.807) is 13.0 Å². The van der Waals surface area contributed by atoms with E-state index in [-0.39, 0.29) is 23.8 Å². The zero-order valence-electron chi connectivity index (χ0n) is 9.74. The summed E-state index contributed by atoms with van der Waals surface area (Å²) in [4.78, 5) is 25.0. The van der Waals surface area contributed by atoms with Gasteiger partial charge in [-0.05, 0) is 29.0 Å². The lowest BCUT2D eigenvalue weighted by Gasteiger charge is -2.33. The number of aromatic nitrogens is 1. The second-order valence-electron chi connectivity index (χ2n) is 3.78. The lowest BCUT2D eigenvalue weighted by Crippen LogP contribution is -2.52. The van der Waals surface area contributed by atoms with Crippen LogP contribution in [0.15, 0.2) is 18.3 Å². The van der Waals surface area contributed by atoms with E-state index in [0.717, 1.165) is 0 Å². The number of nitrogens with zero attached hydrogens (tertiary/aromatic N) is 2. The van der Waals surface area contributed by atoms with Crippen molar-refractivity contribution >= 4 is 11.6 Å². The highest BCUT2D eigenvalue weighted by Gasteiger charge is 2.43. The quantitative estimate of drug-likeness (QED) is 0.576. The van der Waals surface area contributed by atoms with Gasteiger partial charge in [0.2, 0.25) is 5.75 Å². The fourth-order valence-electron chi connectivity index (χ4n) is 1.73. The molecule has 2 atom stereocenters. The molecule has 7 heteroatoms. The summed E-state index contributed by atoms with van der Waals surface area (Å²) in [5, 5.41) is 10.7. The maximum atomic E-state index is 11.3. The van der Waals surface area contributed by atoms with Gasteiger partial charge >= 0.3 is 5.82 Å². The molecule has 0 spiro atoms. The monoisotopic (exact) mass is 252 g/mol. The smallest absolute Gasteiger partial charge is 0.406 e. The van der Waals surface area contributed by atoms with Crippen molar-refractivity contribution in [2.24, 2.45) is 0 Å². The number of ketones is 1. The molecule has 0 N–H and O–H groups in total. The summed E-state index contributed by atoms with van der Waals surface area (Å²) < 4.78 is 10.6.